The lowest BCUT2D eigenvalue weighted by atomic mass is 10.1. The van der Waals surface area contributed by atoms with Crippen LogP contribution < -0.4 is 30.2 Å². The number of aliphatic imine (C=N–C) groups is 1. The lowest BCUT2D eigenvalue weighted by Gasteiger charge is -2.20. The van der Waals surface area contributed by atoms with E-state index in [2.05, 4.69) is 20.9 Å². The molecule has 29 heavy (non-hydrogen) atoms. The van der Waals surface area contributed by atoms with Crippen LogP contribution in [-0.4, -0.2) is 59.1 Å². The monoisotopic (exact) mass is 524 g/mol. The van der Waals surface area contributed by atoms with Crippen molar-refractivity contribution in [1.29, 1.82) is 0 Å². The van der Waals surface area contributed by atoms with Gasteiger partial charge in [-0.3, -0.25) is 4.99 Å². The van der Waals surface area contributed by atoms with E-state index in [0.717, 1.165) is 5.56 Å². The third kappa shape index (κ3) is 9.77. The molecule has 1 rings (SSSR count). The Labute approximate surface area is 189 Å². The number of carbonyl (C=O) groups is 1. The van der Waals surface area contributed by atoms with E-state index in [9.17, 15) is 4.79 Å². The molecule has 166 valence electrons. The molecule has 0 saturated heterocycles. The molecule has 10 heteroatoms. The first-order chi connectivity index (χ1) is 13.2. The Morgan fingerprint density at radius 2 is 1.48 bits per heavy atom. The summed E-state index contributed by atoms with van der Waals surface area (Å²) in [6, 6.07) is 3.62. The Balaban J connectivity index is 0.00000784. The number of alkyl carbamates (subject to hydrolysis) is 1. The van der Waals surface area contributed by atoms with Crippen LogP contribution in [0.1, 0.15) is 26.3 Å². The summed E-state index contributed by atoms with van der Waals surface area (Å²) in [6.07, 6.45) is -0.452. The number of hydrogen-bond donors (Lipinski definition) is 3. The molecule has 9 nitrogen and oxygen atoms in total. The van der Waals surface area contributed by atoms with E-state index < -0.39 is 11.7 Å². The number of methoxy groups -OCH3 is 3. The zero-order valence-corrected chi connectivity index (χ0v) is 20.5. The van der Waals surface area contributed by atoms with Crippen LogP contribution in [0.3, 0.4) is 0 Å². The molecule has 0 aliphatic carbocycles. The highest BCUT2D eigenvalue weighted by Crippen LogP contribution is 2.34. The number of halogens is 1. The normalized spacial score (nSPS) is 11.1. The lowest BCUT2D eigenvalue weighted by molar-refractivity contribution is 0.0529. The number of benzene rings is 1. The quantitative estimate of drug-likeness (QED) is 0.208. The van der Waals surface area contributed by atoms with Gasteiger partial charge in [0.1, 0.15) is 11.4 Å². The molecule has 0 saturated carbocycles. The van der Waals surface area contributed by atoms with Crippen LogP contribution in [0.4, 0.5) is 4.79 Å². The first-order valence-corrected chi connectivity index (χ1v) is 8.94. The average molecular weight is 524 g/mol. The highest BCUT2D eigenvalue weighted by molar-refractivity contribution is 14.0. The molecular formula is C19H33IN4O5. The van der Waals surface area contributed by atoms with Crippen LogP contribution >= 0.6 is 24.0 Å². The van der Waals surface area contributed by atoms with Gasteiger partial charge < -0.3 is 34.9 Å². The molecule has 1 amide bonds. The van der Waals surface area contributed by atoms with Crippen molar-refractivity contribution in [2.45, 2.75) is 32.9 Å². The van der Waals surface area contributed by atoms with Gasteiger partial charge in [0.15, 0.2) is 17.5 Å². The number of guanidine groups is 1. The van der Waals surface area contributed by atoms with Crippen LogP contribution in [0.2, 0.25) is 0 Å². The molecule has 0 aromatic heterocycles. The topological polar surface area (TPSA) is 102 Å². The number of nitrogens with one attached hydrogen (secondary N) is 3. The van der Waals surface area contributed by atoms with E-state index in [1.165, 1.54) is 0 Å². The highest BCUT2D eigenvalue weighted by Gasteiger charge is 2.15. The third-order valence-corrected chi connectivity index (χ3v) is 3.54. The fraction of sp³-hybridized carbons (Fsp3) is 0.579. The van der Waals surface area contributed by atoms with Crippen molar-refractivity contribution in [2.75, 3.05) is 41.5 Å². The number of rotatable bonds is 8. The highest BCUT2D eigenvalue weighted by atomic mass is 127. The minimum Gasteiger partial charge on any atom is -0.496 e. The van der Waals surface area contributed by atoms with Gasteiger partial charge in [-0.15, -0.1) is 24.0 Å². The molecule has 1 aromatic rings. The minimum absolute atomic E-state index is 0. The summed E-state index contributed by atoms with van der Waals surface area (Å²) in [5.41, 5.74) is 0.364. The Bertz CT molecular complexity index is 677. The van der Waals surface area contributed by atoms with Gasteiger partial charge in [0, 0.05) is 38.3 Å². The molecular weight excluding hydrogens is 491 g/mol. The van der Waals surface area contributed by atoms with E-state index in [4.69, 9.17) is 18.9 Å². The molecule has 0 heterocycles. The van der Waals surface area contributed by atoms with Gasteiger partial charge >= 0.3 is 6.09 Å². The maximum atomic E-state index is 11.6. The Morgan fingerprint density at radius 1 is 0.931 bits per heavy atom. The number of amides is 1. The fourth-order valence-corrected chi connectivity index (χ4v) is 2.29. The smallest absolute Gasteiger partial charge is 0.407 e. The van der Waals surface area contributed by atoms with Crippen LogP contribution in [0.5, 0.6) is 17.2 Å². The first kappa shape index (κ1) is 26.9. The summed E-state index contributed by atoms with van der Waals surface area (Å²) in [7, 11) is 6.43. The van der Waals surface area contributed by atoms with Crippen molar-refractivity contribution in [3.8, 4) is 17.2 Å². The summed E-state index contributed by atoms with van der Waals surface area (Å²) >= 11 is 0. The predicted octanol–water partition coefficient (Wildman–Crippen LogP) is 2.52. The molecule has 0 unspecified atom stereocenters. The lowest BCUT2D eigenvalue weighted by Crippen LogP contribution is -2.42. The molecule has 0 aliphatic rings. The average Bonchev–Trinajstić information content (AvgIpc) is 2.65. The van der Waals surface area contributed by atoms with Crippen molar-refractivity contribution in [3.05, 3.63) is 17.7 Å². The van der Waals surface area contributed by atoms with Gasteiger partial charge in [-0.1, -0.05) is 0 Å². The van der Waals surface area contributed by atoms with Gasteiger partial charge in [0.2, 0.25) is 0 Å². The number of hydrogen-bond acceptors (Lipinski definition) is 6. The van der Waals surface area contributed by atoms with Crippen LogP contribution in [-0.2, 0) is 11.3 Å². The Kier molecular flexibility index (Phi) is 12.2. The number of nitrogens with zero attached hydrogens (tertiary/aromatic N) is 1. The molecule has 1 aromatic carbocycles. The van der Waals surface area contributed by atoms with E-state index in [0.29, 0.717) is 42.8 Å². The van der Waals surface area contributed by atoms with Gasteiger partial charge in [-0.25, -0.2) is 4.79 Å². The van der Waals surface area contributed by atoms with Gasteiger partial charge in [-0.2, -0.15) is 0 Å². The second-order valence-electron chi connectivity index (χ2n) is 6.80. The fourth-order valence-electron chi connectivity index (χ4n) is 2.29. The molecule has 0 atom stereocenters. The SMILES string of the molecule is CN=C(NCCNC(=O)OC(C)(C)C)NCc1cc(OC)c(OC)cc1OC.I. The Morgan fingerprint density at radius 3 is 2.00 bits per heavy atom. The largest absolute Gasteiger partial charge is 0.496 e. The van der Waals surface area contributed by atoms with Crippen molar-refractivity contribution in [2.24, 2.45) is 4.99 Å². The summed E-state index contributed by atoms with van der Waals surface area (Å²) in [5, 5.41) is 8.99. The third-order valence-electron chi connectivity index (χ3n) is 3.54. The van der Waals surface area contributed by atoms with E-state index in [1.807, 2.05) is 26.8 Å². The van der Waals surface area contributed by atoms with Crippen molar-refractivity contribution in [1.82, 2.24) is 16.0 Å². The van der Waals surface area contributed by atoms with Crippen LogP contribution in [0.15, 0.2) is 17.1 Å². The van der Waals surface area contributed by atoms with Gasteiger partial charge in [0.25, 0.3) is 0 Å². The minimum atomic E-state index is -0.520. The molecule has 0 radical (unpaired) electrons. The molecule has 0 aliphatic heterocycles. The van der Waals surface area contributed by atoms with Crippen molar-refractivity contribution >= 4 is 36.0 Å². The zero-order chi connectivity index (χ0) is 21.2. The van der Waals surface area contributed by atoms with Gasteiger partial charge in [-0.05, 0) is 26.8 Å². The van der Waals surface area contributed by atoms with Crippen molar-refractivity contribution in [3.63, 3.8) is 0 Å². The number of ether oxygens (including phenoxy) is 4. The van der Waals surface area contributed by atoms with E-state index in [1.54, 1.807) is 34.4 Å². The van der Waals surface area contributed by atoms with Crippen LogP contribution in [0.25, 0.3) is 0 Å². The maximum absolute atomic E-state index is 11.6. The molecule has 0 bridgehead atoms. The standard InChI is InChI=1S/C19H32N4O5.HI/c1-19(2,3)28-18(24)22-9-8-21-17(20-4)23-12-13-10-15(26-6)16(27-7)11-14(13)25-5;/h10-11H,8-9,12H2,1-7H3,(H,22,24)(H2,20,21,23);1H. The maximum Gasteiger partial charge on any atom is 0.407 e. The predicted molar refractivity (Wildman–Crippen MR) is 124 cm³/mol. The summed E-state index contributed by atoms with van der Waals surface area (Å²) in [5.74, 6) is 2.47. The summed E-state index contributed by atoms with van der Waals surface area (Å²) in [4.78, 5) is 15.8. The number of carbonyl (C=O) groups excluding carboxylic acids is 1. The van der Waals surface area contributed by atoms with E-state index >= 15 is 0 Å². The van der Waals surface area contributed by atoms with Crippen molar-refractivity contribution < 1.29 is 23.7 Å². The molecule has 3 N–H and O–H groups in total. The van der Waals surface area contributed by atoms with E-state index in [-0.39, 0.29) is 24.0 Å². The molecule has 0 spiro atoms. The molecule has 0 fully saturated rings. The summed E-state index contributed by atoms with van der Waals surface area (Å²) in [6.45, 7) is 6.80. The second kappa shape index (κ2) is 13.2. The Hall–Kier alpha value is -2.11. The summed E-state index contributed by atoms with van der Waals surface area (Å²) < 4.78 is 21.2. The second-order valence-corrected chi connectivity index (χ2v) is 6.80. The van der Waals surface area contributed by atoms with Crippen LogP contribution in [0, 0.1) is 0 Å². The zero-order valence-electron chi connectivity index (χ0n) is 18.2. The van der Waals surface area contributed by atoms with Gasteiger partial charge in [0.05, 0.1) is 21.3 Å². The first-order valence-electron chi connectivity index (χ1n) is 8.94.